The fourth-order valence-electron chi connectivity index (χ4n) is 1.84. The molecular weight excluding hydrogens is 242 g/mol. The predicted octanol–water partition coefficient (Wildman–Crippen LogP) is 1.16. The van der Waals surface area contributed by atoms with Gasteiger partial charge < -0.3 is 5.11 Å². The molecule has 1 heterocycles. The average molecular weight is 263 g/mol. The maximum absolute atomic E-state index is 12.0. The van der Waals surface area contributed by atoms with Gasteiger partial charge in [-0.2, -0.15) is 0 Å². The van der Waals surface area contributed by atoms with E-state index in [4.69, 9.17) is 5.11 Å². The van der Waals surface area contributed by atoms with E-state index in [2.05, 4.69) is 0 Å². The molecular formula is C11H21NO4S. The van der Waals surface area contributed by atoms with Gasteiger partial charge in [0, 0.05) is 13.1 Å². The number of hydrogen-bond acceptors (Lipinski definition) is 3. The van der Waals surface area contributed by atoms with Crippen LogP contribution in [0, 0.1) is 11.3 Å². The number of sulfonamides is 1. The number of carboxylic acids is 1. The molecule has 0 radical (unpaired) electrons. The summed E-state index contributed by atoms with van der Waals surface area (Å²) in [6.07, 6.45) is 1.01. The number of carboxylic acid groups (broad SMARTS) is 1. The van der Waals surface area contributed by atoms with Gasteiger partial charge in [-0.15, -0.1) is 0 Å². The number of hydrogen-bond donors (Lipinski definition) is 1. The van der Waals surface area contributed by atoms with E-state index in [9.17, 15) is 13.2 Å². The summed E-state index contributed by atoms with van der Waals surface area (Å²) in [5.41, 5.74) is -0.926. The molecule has 5 nitrogen and oxygen atoms in total. The van der Waals surface area contributed by atoms with E-state index in [0.717, 1.165) is 0 Å². The summed E-state index contributed by atoms with van der Waals surface area (Å²) in [6, 6.07) is 0. The first-order valence-electron chi connectivity index (χ1n) is 5.88. The van der Waals surface area contributed by atoms with Crippen LogP contribution in [0.25, 0.3) is 0 Å². The zero-order chi connectivity index (χ0) is 13.3. The minimum Gasteiger partial charge on any atom is -0.481 e. The Morgan fingerprint density at radius 3 is 2.47 bits per heavy atom. The van der Waals surface area contributed by atoms with Crippen LogP contribution in [0.5, 0.6) is 0 Å². The second-order valence-corrected chi connectivity index (χ2v) is 7.54. The van der Waals surface area contributed by atoms with Crippen molar-refractivity contribution in [1.29, 1.82) is 0 Å². The summed E-state index contributed by atoms with van der Waals surface area (Å²) in [5, 5.41) is 9.05. The van der Waals surface area contributed by atoms with E-state index in [0.29, 0.717) is 25.3 Å². The molecule has 0 amide bonds. The topological polar surface area (TPSA) is 74.7 Å². The monoisotopic (exact) mass is 263 g/mol. The minimum absolute atomic E-state index is 0.1000. The first-order valence-corrected chi connectivity index (χ1v) is 7.49. The van der Waals surface area contributed by atoms with Crippen molar-refractivity contribution in [1.82, 2.24) is 4.31 Å². The van der Waals surface area contributed by atoms with Gasteiger partial charge in [-0.1, -0.05) is 13.8 Å². The molecule has 1 rings (SSSR count). The van der Waals surface area contributed by atoms with Crippen LogP contribution in [-0.2, 0) is 14.8 Å². The lowest BCUT2D eigenvalue weighted by atomic mass is 9.90. The molecule has 100 valence electrons. The van der Waals surface area contributed by atoms with Crippen LogP contribution in [0.4, 0.5) is 0 Å². The van der Waals surface area contributed by atoms with Gasteiger partial charge in [0.25, 0.3) is 0 Å². The Hall–Kier alpha value is -0.620. The first kappa shape index (κ1) is 14.4. The Morgan fingerprint density at radius 1 is 1.47 bits per heavy atom. The van der Waals surface area contributed by atoms with Gasteiger partial charge in [0.05, 0.1) is 11.2 Å². The fraction of sp³-hybridized carbons (Fsp3) is 0.909. The van der Waals surface area contributed by atoms with E-state index in [1.54, 1.807) is 6.92 Å². The molecule has 0 aromatic rings. The maximum Gasteiger partial charge on any atom is 0.310 e. The van der Waals surface area contributed by atoms with E-state index in [1.165, 1.54) is 4.31 Å². The third-order valence-corrected chi connectivity index (χ3v) is 5.15. The summed E-state index contributed by atoms with van der Waals surface area (Å²) in [7, 11) is -3.29. The summed E-state index contributed by atoms with van der Waals surface area (Å²) in [4.78, 5) is 11.0. The highest BCUT2D eigenvalue weighted by molar-refractivity contribution is 7.89. The van der Waals surface area contributed by atoms with Gasteiger partial charge in [0.15, 0.2) is 0 Å². The molecule has 1 aliphatic rings. The average Bonchev–Trinajstić information content (AvgIpc) is 2.60. The Kier molecular flexibility index (Phi) is 4.19. The highest BCUT2D eigenvalue weighted by Crippen LogP contribution is 2.32. The van der Waals surface area contributed by atoms with E-state index in [-0.39, 0.29) is 12.3 Å². The molecule has 1 unspecified atom stereocenters. The van der Waals surface area contributed by atoms with Gasteiger partial charge in [0.1, 0.15) is 0 Å². The largest absolute Gasteiger partial charge is 0.481 e. The number of aliphatic carboxylic acids is 1. The quantitative estimate of drug-likeness (QED) is 0.807. The van der Waals surface area contributed by atoms with Crippen molar-refractivity contribution in [2.45, 2.75) is 33.6 Å². The highest BCUT2D eigenvalue weighted by Gasteiger charge is 2.44. The van der Waals surface area contributed by atoms with Crippen LogP contribution in [0.3, 0.4) is 0 Å². The molecule has 1 aliphatic heterocycles. The van der Waals surface area contributed by atoms with Crippen LogP contribution in [-0.4, -0.2) is 42.6 Å². The zero-order valence-electron chi connectivity index (χ0n) is 10.6. The molecule has 0 bridgehead atoms. The smallest absolute Gasteiger partial charge is 0.310 e. The third-order valence-electron chi connectivity index (χ3n) is 3.30. The van der Waals surface area contributed by atoms with Crippen molar-refractivity contribution < 1.29 is 18.3 Å². The van der Waals surface area contributed by atoms with Crippen molar-refractivity contribution >= 4 is 16.0 Å². The lowest BCUT2D eigenvalue weighted by Crippen LogP contribution is -2.36. The molecule has 0 aromatic carbocycles. The van der Waals surface area contributed by atoms with Crippen LogP contribution in [0.1, 0.15) is 33.6 Å². The SMILES string of the molecule is CC(C)CCS(=O)(=O)N1CCC(C)(C(=O)O)C1. The fourth-order valence-corrected chi connectivity index (χ4v) is 3.72. The van der Waals surface area contributed by atoms with Crippen molar-refractivity contribution in [3.8, 4) is 0 Å². The molecule has 0 aromatic heterocycles. The summed E-state index contributed by atoms with van der Waals surface area (Å²) >= 11 is 0. The van der Waals surface area contributed by atoms with Gasteiger partial charge in [-0.3, -0.25) is 4.79 Å². The van der Waals surface area contributed by atoms with Gasteiger partial charge in [-0.25, -0.2) is 12.7 Å². The highest BCUT2D eigenvalue weighted by atomic mass is 32.2. The van der Waals surface area contributed by atoms with E-state index >= 15 is 0 Å². The van der Waals surface area contributed by atoms with Crippen molar-refractivity contribution in [2.75, 3.05) is 18.8 Å². The first-order chi connectivity index (χ1) is 7.67. The van der Waals surface area contributed by atoms with Crippen LogP contribution < -0.4 is 0 Å². The standard InChI is InChI=1S/C11H21NO4S/c1-9(2)4-7-17(15,16)12-6-5-11(3,8-12)10(13)14/h9H,4-8H2,1-3H3,(H,13,14). The zero-order valence-corrected chi connectivity index (χ0v) is 11.5. The predicted molar refractivity (Wildman–Crippen MR) is 65.2 cm³/mol. The van der Waals surface area contributed by atoms with Crippen LogP contribution in [0.2, 0.25) is 0 Å². The van der Waals surface area contributed by atoms with Gasteiger partial charge >= 0.3 is 5.97 Å². The summed E-state index contributed by atoms with van der Waals surface area (Å²) in [6.45, 7) is 5.97. The Bertz CT molecular complexity index is 390. The summed E-state index contributed by atoms with van der Waals surface area (Å²) in [5.74, 6) is -0.474. The molecule has 0 spiro atoms. The maximum atomic E-state index is 12.0. The van der Waals surface area contributed by atoms with Crippen LogP contribution in [0.15, 0.2) is 0 Å². The normalized spacial score (nSPS) is 26.6. The van der Waals surface area contributed by atoms with Crippen molar-refractivity contribution in [2.24, 2.45) is 11.3 Å². The molecule has 1 atom stereocenters. The molecule has 1 saturated heterocycles. The third kappa shape index (κ3) is 3.42. The Balaban J connectivity index is 2.67. The van der Waals surface area contributed by atoms with Crippen LogP contribution >= 0.6 is 0 Å². The number of nitrogens with zero attached hydrogens (tertiary/aromatic N) is 1. The molecule has 17 heavy (non-hydrogen) atoms. The lowest BCUT2D eigenvalue weighted by Gasteiger charge is -2.20. The van der Waals surface area contributed by atoms with Crippen molar-refractivity contribution in [3.05, 3.63) is 0 Å². The summed E-state index contributed by atoms with van der Waals surface area (Å²) < 4.78 is 25.3. The Morgan fingerprint density at radius 2 is 2.06 bits per heavy atom. The van der Waals surface area contributed by atoms with E-state index in [1.807, 2.05) is 13.8 Å². The van der Waals surface area contributed by atoms with Gasteiger partial charge in [-0.05, 0) is 25.7 Å². The lowest BCUT2D eigenvalue weighted by molar-refractivity contribution is -0.146. The van der Waals surface area contributed by atoms with Gasteiger partial charge in [0.2, 0.25) is 10.0 Å². The Labute approximate surface area is 103 Å². The van der Waals surface area contributed by atoms with Crippen molar-refractivity contribution in [3.63, 3.8) is 0 Å². The molecule has 1 N–H and O–H groups in total. The molecule has 0 saturated carbocycles. The molecule has 0 aliphatic carbocycles. The molecule has 1 fully saturated rings. The second kappa shape index (κ2) is 4.94. The second-order valence-electron chi connectivity index (χ2n) is 5.45. The van der Waals surface area contributed by atoms with E-state index < -0.39 is 21.4 Å². The minimum atomic E-state index is -3.29. The number of carbonyl (C=O) groups is 1. The molecule has 6 heteroatoms. The number of rotatable bonds is 5.